The predicted octanol–water partition coefficient (Wildman–Crippen LogP) is 4.02. The van der Waals surface area contributed by atoms with E-state index in [4.69, 9.17) is 0 Å². The number of nitrogens with zero attached hydrogens (tertiary/aromatic N) is 1. The highest BCUT2D eigenvalue weighted by Crippen LogP contribution is 2.26. The van der Waals surface area contributed by atoms with Gasteiger partial charge in [0.05, 0.1) is 5.92 Å². The lowest BCUT2D eigenvalue weighted by molar-refractivity contribution is -0.130. The third kappa shape index (κ3) is 3.73. The van der Waals surface area contributed by atoms with Gasteiger partial charge in [-0.3, -0.25) is 4.79 Å². The summed E-state index contributed by atoms with van der Waals surface area (Å²) in [4.78, 5) is 14.8. The summed E-state index contributed by atoms with van der Waals surface area (Å²) in [5.41, 5.74) is 1.99. The van der Waals surface area contributed by atoms with E-state index in [9.17, 15) is 4.79 Å². The minimum absolute atomic E-state index is 0.0669. The lowest BCUT2D eigenvalue weighted by atomic mass is 9.90. The van der Waals surface area contributed by atoms with Crippen LogP contribution in [0.25, 0.3) is 0 Å². The molecule has 0 radical (unpaired) electrons. The Kier molecular flexibility index (Phi) is 5.73. The molecule has 2 heteroatoms. The van der Waals surface area contributed by atoms with Gasteiger partial charge < -0.3 is 4.90 Å². The van der Waals surface area contributed by atoms with Crippen molar-refractivity contribution in [1.29, 1.82) is 0 Å². The second kappa shape index (κ2) is 7.99. The molecule has 2 rings (SSSR count). The van der Waals surface area contributed by atoms with E-state index in [1.807, 2.05) is 60.7 Å². The summed E-state index contributed by atoms with van der Waals surface area (Å²) in [6, 6.07) is 19.8. The highest BCUT2D eigenvalue weighted by Gasteiger charge is 2.26. The lowest BCUT2D eigenvalue weighted by Crippen LogP contribution is -2.36. The van der Waals surface area contributed by atoms with Gasteiger partial charge in [-0.2, -0.15) is 0 Å². The molecular weight excluding hydrogens is 270 g/mol. The van der Waals surface area contributed by atoms with Crippen molar-refractivity contribution in [3.05, 3.63) is 97.1 Å². The van der Waals surface area contributed by atoms with Crippen LogP contribution in [0.4, 0.5) is 0 Å². The maximum absolute atomic E-state index is 13.1. The van der Waals surface area contributed by atoms with E-state index >= 15 is 0 Å². The molecule has 2 nitrogen and oxygen atoms in total. The molecule has 0 aromatic heterocycles. The zero-order valence-electron chi connectivity index (χ0n) is 12.7. The minimum atomic E-state index is -0.303. The van der Waals surface area contributed by atoms with E-state index in [1.54, 1.807) is 17.1 Å². The van der Waals surface area contributed by atoms with Crippen LogP contribution < -0.4 is 0 Å². The zero-order chi connectivity index (χ0) is 15.8. The van der Waals surface area contributed by atoms with E-state index < -0.39 is 0 Å². The van der Waals surface area contributed by atoms with Crippen LogP contribution in [0.15, 0.2) is 86.0 Å². The fourth-order valence-electron chi connectivity index (χ4n) is 2.52. The average molecular weight is 291 g/mol. The van der Waals surface area contributed by atoms with Crippen LogP contribution in [-0.2, 0) is 4.79 Å². The Morgan fingerprint density at radius 2 is 1.27 bits per heavy atom. The van der Waals surface area contributed by atoms with Gasteiger partial charge in [0, 0.05) is 13.1 Å². The highest BCUT2D eigenvalue weighted by molar-refractivity contribution is 5.87. The SMILES string of the molecule is C=CCN(CC=C)C(=O)C(c1ccccc1)c1ccccc1. The summed E-state index contributed by atoms with van der Waals surface area (Å²) in [7, 11) is 0. The monoisotopic (exact) mass is 291 g/mol. The van der Waals surface area contributed by atoms with Gasteiger partial charge >= 0.3 is 0 Å². The molecule has 0 atom stereocenters. The first-order chi connectivity index (χ1) is 10.8. The summed E-state index contributed by atoms with van der Waals surface area (Å²) < 4.78 is 0. The molecule has 0 N–H and O–H groups in total. The third-order valence-corrected chi connectivity index (χ3v) is 3.52. The number of carbonyl (C=O) groups is 1. The quantitative estimate of drug-likeness (QED) is 0.706. The second-order valence-corrected chi connectivity index (χ2v) is 5.07. The lowest BCUT2D eigenvalue weighted by Gasteiger charge is -2.26. The van der Waals surface area contributed by atoms with Gasteiger partial charge in [-0.15, -0.1) is 13.2 Å². The van der Waals surface area contributed by atoms with Crippen LogP contribution >= 0.6 is 0 Å². The first-order valence-electron chi connectivity index (χ1n) is 7.38. The molecule has 2 aromatic carbocycles. The molecule has 2 aromatic rings. The summed E-state index contributed by atoms with van der Waals surface area (Å²) in [5, 5.41) is 0. The molecule has 0 fully saturated rings. The fourth-order valence-corrected chi connectivity index (χ4v) is 2.52. The standard InChI is InChI=1S/C20H21NO/c1-3-15-21(16-4-2)20(22)19(17-11-7-5-8-12-17)18-13-9-6-10-14-18/h3-14,19H,1-2,15-16H2. The maximum Gasteiger partial charge on any atom is 0.235 e. The first-order valence-corrected chi connectivity index (χ1v) is 7.38. The average Bonchev–Trinajstić information content (AvgIpc) is 2.57. The third-order valence-electron chi connectivity index (χ3n) is 3.52. The van der Waals surface area contributed by atoms with E-state index in [0.717, 1.165) is 11.1 Å². The smallest absolute Gasteiger partial charge is 0.235 e. The van der Waals surface area contributed by atoms with Gasteiger partial charge in [-0.1, -0.05) is 72.8 Å². The molecule has 0 saturated carbocycles. The van der Waals surface area contributed by atoms with Gasteiger partial charge in [0.2, 0.25) is 5.91 Å². The Morgan fingerprint density at radius 3 is 1.64 bits per heavy atom. The molecule has 1 amide bonds. The molecule has 0 aliphatic carbocycles. The second-order valence-electron chi connectivity index (χ2n) is 5.07. The number of carbonyl (C=O) groups excluding carboxylic acids is 1. The molecule has 0 spiro atoms. The van der Waals surface area contributed by atoms with Crippen molar-refractivity contribution in [1.82, 2.24) is 4.90 Å². The largest absolute Gasteiger partial charge is 0.334 e. The molecular formula is C20H21NO. The van der Waals surface area contributed by atoms with E-state index in [0.29, 0.717) is 13.1 Å². The number of benzene rings is 2. The summed E-state index contributed by atoms with van der Waals surface area (Å²) in [6.07, 6.45) is 3.49. The summed E-state index contributed by atoms with van der Waals surface area (Å²) >= 11 is 0. The number of hydrogen-bond acceptors (Lipinski definition) is 1. The van der Waals surface area contributed by atoms with Crippen LogP contribution in [0.2, 0.25) is 0 Å². The van der Waals surface area contributed by atoms with Gasteiger partial charge in [-0.05, 0) is 11.1 Å². The minimum Gasteiger partial charge on any atom is -0.334 e. The molecule has 0 saturated heterocycles. The van der Waals surface area contributed by atoms with E-state index in [-0.39, 0.29) is 11.8 Å². The Hall–Kier alpha value is -2.61. The van der Waals surface area contributed by atoms with Crippen molar-refractivity contribution in [3.63, 3.8) is 0 Å². The van der Waals surface area contributed by atoms with Crippen molar-refractivity contribution in [2.24, 2.45) is 0 Å². The molecule has 0 aliphatic heterocycles. The Labute approximate surface area is 132 Å². The van der Waals surface area contributed by atoms with E-state index in [2.05, 4.69) is 13.2 Å². The number of hydrogen-bond donors (Lipinski definition) is 0. The van der Waals surface area contributed by atoms with Crippen LogP contribution in [0.3, 0.4) is 0 Å². The number of rotatable bonds is 7. The van der Waals surface area contributed by atoms with Crippen molar-refractivity contribution in [3.8, 4) is 0 Å². The molecule has 0 bridgehead atoms. The Bertz CT molecular complexity index is 569. The molecule has 0 heterocycles. The van der Waals surface area contributed by atoms with Gasteiger partial charge in [0.25, 0.3) is 0 Å². The number of amides is 1. The molecule has 0 aliphatic rings. The van der Waals surface area contributed by atoms with Crippen molar-refractivity contribution in [2.75, 3.05) is 13.1 Å². The summed E-state index contributed by atoms with van der Waals surface area (Å²) in [5.74, 6) is -0.237. The maximum atomic E-state index is 13.1. The van der Waals surface area contributed by atoms with Crippen LogP contribution in [-0.4, -0.2) is 23.9 Å². The first kappa shape index (κ1) is 15.8. The fraction of sp³-hybridized carbons (Fsp3) is 0.150. The highest BCUT2D eigenvalue weighted by atomic mass is 16.2. The van der Waals surface area contributed by atoms with Crippen LogP contribution in [0, 0.1) is 0 Å². The van der Waals surface area contributed by atoms with Gasteiger partial charge in [0.1, 0.15) is 0 Å². The Morgan fingerprint density at radius 1 is 0.864 bits per heavy atom. The zero-order valence-corrected chi connectivity index (χ0v) is 12.7. The topological polar surface area (TPSA) is 20.3 Å². The molecule has 0 unspecified atom stereocenters. The molecule has 22 heavy (non-hydrogen) atoms. The van der Waals surface area contributed by atoms with Crippen molar-refractivity contribution >= 4 is 5.91 Å². The van der Waals surface area contributed by atoms with E-state index in [1.165, 1.54) is 0 Å². The van der Waals surface area contributed by atoms with Crippen LogP contribution in [0.1, 0.15) is 17.0 Å². The van der Waals surface area contributed by atoms with Crippen LogP contribution in [0.5, 0.6) is 0 Å². The van der Waals surface area contributed by atoms with Crippen molar-refractivity contribution in [2.45, 2.75) is 5.92 Å². The summed E-state index contributed by atoms with van der Waals surface area (Å²) in [6.45, 7) is 8.51. The normalized spacial score (nSPS) is 10.2. The Balaban J connectivity index is 2.42. The molecule has 112 valence electrons. The van der Waals surface area contributed by atoms with Gasteiger partial charge in [-0.25, -0.2) is 0 Å². The van der Waals surface area contributed by atoms with Crippen molar-refractivity contribution < 1.29 is 4.79 Å². The predicted molar refractivity (Wildman–Crippen MR) is 91.7 cm³/mol. The van der Waals surface area contributed by atoms with Gasteiger partial charge in [0.15, 0.2) is 0 Å².